The number of methoxy groups -OCH3 is 1. The molecule has 6 nitrogen and oxygen atoms in total. The lowest BCUT2D eigenvalue weighted by Gasteiger charge is -2.24. The van der Waals surface area contributed by atoms with Crippen LogP contribution in [0.15, 0.2) is 23.2 Å². The Bertz CT molecular complexity index is 517. The predicted molar refractivity (Wildman–Crippen MR) is 79.3 cm³/mol. The Hall–Kier alpha value is -1.18. The molecule has 0 radical (unpaired) electrons. The Balaban J connectivity index is 3.14. The van der Waals surface area contributed by atoms with E-state index in [1.165, 1.54) is 4.31 Å². The molecule has 0 aliphatic rings. The molecule has 0 aliphatic heterocycles. The fraction of sp³-hybridized carbons (Fsp3) is 0.615. The molecular formula is C13H23N3O3S. The third-order valence-electron chi connectivity index (χ3n) is 2.74. The molecule has 0 saturated heterocycles. The molecule has 0 saturated carbocycles. The molecule has 0 bridgehead atoms. The fourth-order valence-corrected chi connectivity index (χ4v) is 3.57. The van der Waals surface area contributed by atoms with Gasteiger partial charge >= 0.3 is 0 Å². The molecule has 114 valence electrons. The minimum absolute atomic E-state index is 0.194. The summed E-state index contributed by atoms with van der Waals surface area (Å²) < 4.78 is 31.9. The van der Waals surface area contributed by atoms with Gasteiger partial charge in [0.25, 0.3) is 0 Å². The van der Waals surface area contributed by atoms with Crippen LogP contribution in [-0.4, -0.2) is 51.6 Å². The van der Waals surface area contributed by atoms with E-state index in [9.17, 15) is 8.42 Å². The number of aromatic nitrogens is 1. The first kappa shape index (κ1) is 16.9. The smallest absolute Gasteiger partial charge is 0.246 e. The SMILES string of the molecule is CNc1ncccc1S(=O)(=O)N(CCOC)CC(C)C. The van der Waals surface area contributed by atoms with Gasteiger partial charge in [0.2, 0.25) is 10.0 Å². The molecule has 1 aromatic rings. The maximum Gasteiger partial charge on any atom is 0.246 e. The molecule has 0 amide bonds. The first-order chi connectivity index (χ1) is 9.43. The van der Waals surface area contributed by atoms with Crippen LogP contribution in [0.1, 0.15) is 13.8 Å². The van der Waals surface area contributed by atoms with Gasteiger partial charge in [0, 0.05) is 33.4 Å². The normalized spacial score (nSPS) is 12.1. The van der Waals surface area contributed by atoms with Gasteiger partial charge in [-0.15, -0.1) is 0 Å². The van der Waals surface area contributed by atoms with Gasteiger partial charge in [0.15, 0.2) is 0 Å². The number of sulfonamides is 1. The summed E-state index contributed by atoms with van der Waals surface area (Å²) in [4.78, 5) is 4.25. The quantitative estimate of drug-likeness (QED) is 0.786. The van der Waals surface area contributed by atoms with Crippen molar-refractivity contribution in [2.75, 3.05) is 39.2 Å². The fourth-order valence-electron chi connectivity index (χ4n) is 1.84. The van der Waals surface area contributed by atoms with Crippen molar-refractivity contribution in [3.05, 3.63) is 18.3 Å². The zero-order chi connectivity index (χ0) is 15.2. The number of ether oxygens (including phenoxy) is 1. The number of nitrogens with zero attached hydrogens (tertiary/aromatic N) is 2. The van der Waals surface area contributed by atoms with Crippen molar-refractivity contribution in [3.63, 3.8) is 0 Å². The average Bonchev–Trinajstić information content (AvgIpc) is 2.42. The highest BCUT2D eigenvalue weighted by Crippen LogP contribution is 2.22. The van der Waals surface area contributed by atoms with E-state index in [4.69, 9.17) is 4.74 Å². The largest absolute Gasteiger partial charge is 0.383 e. The van der Waals surface area contributed by atoms with Gasteiger partial charge in [-0.05, 0) is 18.1 Å². The monoisotopic (exact) mass is 301 g/mol. The summed E-state index contributed by atoms with van der Waals surface area (Å²) in [5.74, 6) is 0.593. The van der Waals surface area contributed by atoms with Gasteiger partial charge in [-0.2, -0.15) is 4.31 Å². The van der Waals surface area contributed by atoms with Gasteiger partial charge in [-0.1, -0.05) is 13.8 Å². The molecule has 20 heavy (non-hydrogen) atoms. The summed E-state index contributed by atoms with van der Waals surface area (Å²) in [6, 6.07) is 3.19. The molecule has 7 heteroatoms. The molecule has 1 rings (SSSR count). The highest BCUT2D eigenvalue weighted by Gasteiger charge is 2.27. The van der Waals surface area contributed by atoms with Crippen molar-refractivity contribution in [2.24, 2.45) is 5.92 Å². The summed E-state index contributed by atoms with van der Waals surface area (Å²) in [6.07, 6.45) is 1.56. The number of pyridine rings is 1. The first-order valence-corrected chi connectivity index (χ1v) is 7.99. The van der Waals surface area contributed by atoms with Crippen LogP contribution < -0.4 is 5.32 Å². The van der Waals surface area contributed by atoms with Gasteiger partial charge in [-0.3, -0.25) is 0 Å². The van der Waals surface area contributed by atoms with E-state index in [-0.39, 0.29) is 10.8 Å². The van der Waals surface area contributed by atoms with Crippen molar-refractivity contribution >= 4 is 15.8 Å². The number of hydrogen-bond donors (Lipinski definition) is 1. The summed E-state index contributed by atoms with van der Waals surface area (Å²) in [5.41, 5.74) is 0. The third-order valence-corrected chi connectivity index (χ3v) is 4.64. The van der Waals surface area contributed by atoms with Crippen LogP contribution in [0, 0.1) is 5.92 Å². The summed E-state index contributed by atoms with van der Waals surface area (Å²) >= 11 is 0. The van der Waals surface area contributed by atoms with Gasteiger partial charge in [0.05, 0.1) is 6.61 Å². The van der Waals surface area contributed by atoms with E-state index in [1.54, 1.807) is 32.5 Å². The van der Waals surface area contributed by atoms with Crippen LogP contribution in [0.5, 0.6) is 0 Å². The topological polar surface area (TPSA) is 71.5 Å². The van der Waals surface area contributed by atoms with Crippen molar-refractivity contribution in [3.8, 4) is 0 Å². The molecular weight excluding hydrogens is 278 g/mol. The first-order valence-electron chi connectivity index (χ1n) is 6.55. The van der Waals surface area contributed by atoms with Crippen LogP contribution in [0.25, 0.3) is 0 Å². The van der Waals surface area contributed by atoms with E-state index >= 15 is 0 Å². The van der Waals surface area contributed by atoms with Gasteiger partial charge < -0.3 is 10.1 Å². The van der Waals surface area contributed by atoms with E-state index in [2.05, 4.69) is 10.3 Å². The molecule has 0 aliphatic carbocycles. The van der Waals surface area contributed by atoms with Crippen molar-refractivity contribution in [1.82, 2.24) is 9.29 Å². The minimum Gasteiger partial charge on any atom is -0.383 e. The molecule has 0 unspecified atom stereocenters. The maximum atomic E-state index is 12.7. The van der Waals surface area contributed by atoms with E-state index < -0.39 is 10.0 Å². The zero-order valence-corrected chi connectivity index (χ0v) is 13.3. The second kappa shape index (κ2) is 7.56. The van der Waals surface area contributed by atoms with E-state index in [0.717, 1.165) is 0 Å². The second-order valence-corrected chi connectivity index (χ2v) is 6.76. The minimum atomic E-state index is -3.58. The standard InChI is InChI=1S/C13H23N3O3S/c1-11(2)10-16(8-9-19-4)20(17,18)12-6-5-7-15-13(12)14-3/h5-7,11H,8-10H2,1-4H3,(H,14,15). The Morgan fingerprint density at radius 3 is 2.70 bits per heavy atom. The third kappa shape index (κ3) is 4.16. The summed E-state index contributed by atoms with van der Waals surface area (Å²) in [6.45, 7) is 5.11. The molecule has 0 aromatic carbocycles. The van der Waals surface area contributed by atoms with Crippen LogP contribution in [0.4, 0.5) is 5.82 Å². The van der Waals surface area contributed by atoms with Crippen molar-refractivity contribution in [2.45, 2.75) is 18.7 Å². The number of nitrogens with one attached hydrogen (secondary N) is 1. The van der Waals surface area contributed by atoms with E-state index in [0.29, 0.717) is 25.5 Å². The number of hydrogen-bond acceptors (Lipinski definition) is 5. The van der Waals surface area contributed by atoms with E-state index in [1.807, 2.05) is 13.8 Å². The predicted octanol–water partition coefficient (Wildman–Crippen LogP) is 1.42. The van der Waals surface area contributed by atoms with Crippen molar-refractivity contribution in [1.29, 1.82) is 0 Å². The Morgan fingerprint density at radius 1 is 1.45 bits per heavy atom. The highest BCUT2D eigenvalue weighted by molar-refractivity contribution is 7.89. The molecule has 1 N–H and O–H groups in total. The molecule has 0 atom stereocenters. The number of anilines is 1. The zero-order valence-electron chi connectivity index (χ0n) is 12.5. The average molecular weight is 301 g/mol. The maximum absolute atomic E-state index is 12.7. The summed E-state index contributed by atoms with van der Waals surface area (Å²) in [5, 5.41) is 2.82. The van der Waals surface area contributed by atoms with Gasteiger partial charge in [-0.25, -0.2) is 13.4 Å². The van der Waals surface area contributed by atoms with Crippen molar-refractivity contribution < 1.29 is 13.2 Å². The lowest BCUT2D eigenvalue weighted by atomic mass is 10.2. The Kier molecular flexibility index (Phi) is 6.38. The lowest BCUT2D eigenvalue weighted by Crippen LogP contribution is -2.37. The molecule has 1 heterocycles. The Morgan fingerprint density at radius 2 is 2.15 bits per heavy atom. The van der Waals surface area contributed by atoms with Crippen LogP contribution in [0.3, 0.4) is 0 Å². The van der Waals surface area contributed by atoms with Crippen LogP contribution in [-0.2, 0) is 14.8 Å². The number of rotatable bonds is 8. The molecule has 1 aromatic heterocycles. The lowest BCUT2D eigenvalue weighted by molar-refractivity contribution is 0.175. The summed E-state index contributed by atoms with van der Waals surface area (Å²) in [7, 11) is -0.368. The molecule has 0 spiro atoms. The van der Waals surface area contributed by atoms with Crippen LogP contribution >= 0.6 is 0 Å². The van der Waals surface area contributed by atoms with Gasteiger partial charge in [0.1, 0.15) is 10.7 Å². The second-order valence-electron chi connectivity index (χ2n) is 4.85. The Labute approximate surface area is 121 Å². The molecule has 0 fully saturated rings. The van der Waals surface area contributed by atoms with Crippen LogP contribution in [0.2, 0.25) is 0 Å². The highest BCUT2D eigenvalue weighted by atomic mass is 32.2.